The van der Waals surface area contributed by atoms with Crippen molar-refractivity contribution in [3.8, 4) is 0 Å². The minimum Gasteiger partial charge on any atom is -0.0622 e. The zero-order chi connectivity index (χ0) is 13.8. The van der Waals surface area contributed by atoms with E-state index in [0.29, 0.717) is 0 Å². The standard InChI is InChI=1S/C19H14I/c20-18-13-11-17(12-14-18)19(15-7-3-1-4-8-15)16-9-5-2-6-10-16/h1-14H. The van der Waals surface area contributed by atoms with Crippen molar-refractivity contribution in [1.82, 2.24) is 0 Å². The van der Waals surface area contributed by atoms with Crippen LogP contribution in [-0.2, 0) is 0 Å². The van der Waals surface area contributed by atoms with E-state index in [1.54, 1.807) is 0 Å². The average molecular weight is 369 g/mol. The highest BCUT2D eigenvalue weighted by molar-refractivity contribution is 14.1. The first-order valence-electron chi connectivity index (χ1n) is 6.58. The van der Waals surface area contributed by atoms with Gasteiger partial charge >= 0.3 is 0 Å². The quantitative estimate of drug-likeness (QED) is 0.434. The lowest BCUT2D eigenvalue weighted by Gasteiger charge is -2.18. The van der Waals surface area contributed by atoms with E-state index in [0.717, 1.165) is 0 Å². The van der Waals surface area contributed by atoms with E-state index in [9.17, 15) is 0 Å². The van der Waals surface area contributed by atoms with Gasteiger partial charge in [-0.15, -0.1) is 0 Å². The summed E-state index contributed by atoms with van der Waals surface area (Å²) in [6.45, 7) is 0. The second kappa shape index (κ2) is 6.23. The predicted molar refractivity (Wildman–Crippen MR) is 92.6 cm³/mol. The molecule has 0 aliphatic carbocycles. The molecule has 0 aliphatic rings. The fourth-order valence-corrected chi connectivity index (χ4v) is 2.69. The van der Waals surface area contributed by atoms with E-state index in [1.807, 2.05) is 0 Å². The highest BCUT2D eigenvalue weighted by Gasteiger charge is 2.16. The van der Waals surface area contributed by atoms with Gasteiger partial charge in [0.1, 0.15) is 0 Å². The Hall–Kier alpha value is -1.61. The molecule has 0 bridgehead atoms. The van der Waals surface area contributed by atoms with Gasteiger partial charge in [0.05, 0.1) is 5.92 Å². The van der Waals surface area contributed by atoms with Gasteiger partial charge in [0.25, 0.3) is 0 Å². The van der Waals surface area contributed by atoms with Crippen LogP contribution in [-0.4, -0.2) is 0 Å². The van der Waals surface area contributed by atoms with Gasteiger partial charge in [-0.1, -0.05) is 72.8 Å². The maximum Gasteiger partial charge on any atom is 0.0629 e. The molecule has 0 saturated heterocycles. The van der Waals surface area contributed by atoms with Crippen LogP contribution in [0.25, 0.3) is 0 Å². The van der Waals surface area contributed by atoms with Crippen LogP contribution in [0.2, 0.25) is 0 Å². The van der Waals surface area contributed by atoms with Crippen molar-refractivity contribution in [3.05, 3.63) is 111 Å². The third-order valence-corrected chi connectivity index (χ3v) is 3.98. The lowest BCUT2D eigenvalue weighted by Crippen LogP contribution is -2.04. The Kier molecular flexibility index (Phi) is 4.16. The Bertz CT molecular complexity index is 618. The molecule has 0 saturated carbocycles. The highest BCUT2D eigenvalue weighted by Crippen LogP contribution is 2.30. The molecule has 0 aromatic heterocycles. The summed E-state index contributed by atoms with van der Waals surface area (Å²) in [6, 6.07) is 29.8. The van der Waals surface area contributed by atoms with Gasteiger partial charge in [0, 0.05) is 3.57 Å². The SMILES string of the molecule is Ic1ccc([C](c2ccccc2)c2ccccc2)cc1. The molecular weight excluding hydrogens is 355 g/mol. The first-order valence-corrected chi connectivity index (χ1v) is 7.66. The summed E-state index contributed by atoms with van der Waals surface area (Å²) in [6.07, 6.45) is 0. The summed E-state index contributed by atoms with van der Waals surface area (Å²) in [5.41, 5.74) is 3.75. The minimum absolute atomic E-state index is 1.25. The van der Waals surface area contributed by atoms with Crippen LogP contribution in [0.3, 0.4) is 0 Å². The van der Waals surface area contributed by atoms with Crippen molar-refractivity contribution in [2.75, 3.05) is 0 Å². The summed E-state index contributed by atoms with van der Waals surface area (Å²) >= 11 is 2.34. The molecule has 0 amide bonds. The van der Waals surface area contributed by atoms with Crippen molar-refractivity contribution < 1.29 is 0 Å². The highest BCUT2D eigenvalue weighted by atomic mass is 127. The van der Waals surface area contributed by atoms with Gasteiger partial charge in [-0.3, -0.25) is 0 Å². The van der Waals surface area contributed by atoms with Crippen molar-refractivity contribution in [1.29, 1.82) is 0 Å². The van der Waals surface area contributed by atoms with Crippen LogP contribution in [0, 0.1) is 9.49 Å². The largest absolute Gasteiger partial charge is 0.0629 e. The maximum absolute atomic E-state index is 2.34. The zero-order valence-corrected chi connectivity index (χ0v) is 13.1. The monoisotopic (exact) mass is 369 g/mol. The van der Waals surface area contributed by atoms with Crippen molar-refractivity contribution in [3.63, 3.8) is 0 Å². The Labute approximate surface area is 133 Å². The Balaban J connectivity index is 2.11. The fraction of sp³-hybridized carbons (Fsp3) is 0. The van der Waals surface area contributed by atoms with Crippen LogP contribution < -0.4 is 0 Å². The van der Waals surface area contributed by atoms with Crippen molar-refractivity contribution in [2.24, 2.45) is 0 Å². The predicted octanol–water partition coefficient (Wildman–Crippen LogP) is 5.31. The van der Waals surface area contributed by atoms with Gasteiger partial charge in [-0.2, -0.15) is 0 Å². The molecule has 97 valence electrons. The molecule has 0 N–H and O–H groups in total. The van der Waals surface area contributed by atoms with Gasteiger partial charge in [-0.05, 0) is 51.4 Å². The Morgan fingerprint density at radius 3 is 1.35 bits per heavy atom. The Morgan fingerprint density at radius 1 is 0.500 bits per heavy atom. The molecule has 0 nitrogen and oxygen atoms in total. The van der Waals surface area contributed by atoms with Gasteiger partial charge in [-0.25, -0.2) is 0 Å². The Morgan fingerprint density at radius 2 is 0.900 bits per heavy atom. The average Bonchev–Trinajstić information content (AvgIpc) is 2.52. The van der Waals surface area contributed by atoms with Crippen molar-refractivity contribution >= 4 is 22.6 Å². The van der Waals surface area contributed by atoms with E-state index < -0.39 is 0 Å². The van der Waals surface area contributed by atoms with E-state index in [2.05, 4.69) is 108 Å². The molecule has 0 aliphatic heterocycles. The molecule has 1 radical (unpaired) electrons. The molecule has 0 atom stereocenters. The molecule has 3 aromatic carbocycles. The molecule has 1 heteroatoms. The molecule has 0 heterocycles. The first kappa shape index (κ1) is 13.4. The minimum atomic E-state index is 1.25. The number of hydrogen-bond acceptors (Lipinski definition) is 0. The molecule has 0 spiro atoms. The second-order valence-corrected chi connectivity index (χ2v) is 5.86. The number of benzene rings is 3. The third-order valence-electron chi connectivity index (χ3n) is 3.26. The van der Waals surface area contributed by atoms with Crippen LogP contribution >= 0.6 is 22.6 Å². The lowest BCUT2D eigenvalue weighted by atomic mass is 9.85. The number of hydrogen-bond donors (Lipinski definition) is 0. The molecule has 3 aromatic rings. The van der Waals surface area contributed by atoms with E-state index in [-0.39, 0.29) is 0 Å². The van der Waals surface area contributed by atoms with E-state index in [1.165, 1.54) is 26.2 Å². The fourth-order valence-electron chi connectivity index (χ4n) is 2.33. The number of halogens is 1. The molecule has 0 unspecified atom stereocenters. The van der Waals surface area contributed by atoms with Gasteiger partial charge in [0.2, 0.25) is 0 Å². The first-order chi connectivity index (χ1) is 9.84. The smallest absolute Gasteiger partial charge is 0.0622 e. The molecule has 20 heavy (non-hydrogen) atoms. The van der Waals surface area contributed by atoms with Crippen molar-refractivity contribution in [2.45, 2.75) is 0 Å². The topological polar surface area (TPSA) is 0 Å². The summed E-state index contributed by atoms with van der Waals surface area (Å²) in [7, 11) is 0. The zero-order valence-electron chi connectivity index (χ0n) is 11.0. The second-order valence-electron chi connectivity index (χ2n) is 4.61. The third kappa shape index (κ3) is 2.93. The summed E-state index contributed by atoms with van der Waals surface area (Å²) in [4.78, 5) is 0. The van der Waals surface area contributed by atoms with Gasteiger partial charge < -0.3 is 0 Å². The van der Waals surface area contributed by atoms with Crippen LogP contribution in [0.15, 0.2) is 84.9 Å². The summed E-state index contributed by atoms with van der Waals surface area (Å²) < 4.78 is 1.26. The molecular formula is C19H14I. The molecule has 0 fully saturated rings. The van der Waals surface area contributed by atoms with Gasteiger partial charge in [0.15, 0.2) is 0 Å². The summed E-state index contributed by atoms with van der Waals surface area (Å²) in [5.74, 6) is 1.28. The maximum atomic E-state index is 2.34. The normalized spacial score (nSPS) is 10.7. The lowest BCUT2D eigenvalue weighted by molar-refractivity contribution is 1.23. The summed E-state index contributed by atoms with van der Waals surface area (Å²) in [5, 5.41) is 0. The van der Waals surface area contributed by atoms with Crippen LogP contribution in [0.5, 0.6) is 0 Å². The van der Waals surface area contributed by atoms with E-state index >= 15 is 0 Å². The van der Waals surface area contributed by atoms with Crippen LogP contribution in [0.4, 0.5) is 0 Å². The van der Waals surface area contributed by atoms with Crippen LogP contribution in [0.1, 0.15) is 16.7 Å². The molecule has 3 rings (SSSR count). The van der Waals surface area contributed by atoms with E-state index in [4.69, 9.17) is 0 Å². The number of rotatable bonds is 3.